The zero-order valence-corrected chi connectivity index (χ0v) is 8.71. The van der Waals surface area contributed by atoms with Gasteiger partial charge in [0.15, 0.2) is 0 Å². The topological polar surface area (TPSA) is 0 Å². The second-order valence-corrected chi connectivity index (χ2v) is 3.02. The number of hydrogen-bond acceptors (Lipinski definition) is 0. The molecule has 0 amide bonds. The molecular formula is C7H13Zn-. The van der Waals surface area contributed by atoms with Crippen LogP contribution in [0.4, 0.5) is 0 Å². The summed E-state index contributed by atoms with van der Waals surface area (Å²) in [5.41, 5.74) is 0.444. The molecule has 1 saturated carbocycles. The second kappa shape index (κ2) is 2.96. The summed E-state index contributed by atoms with van der Waals surface area (Å²) in [7, 11) is 0. The van der Waals surface area contributed by atoms with Gasteiger partial charge >= 0.3 is 0 Å². The summed E-state index contributed by atoms with van der Waals surface area (Å²) in [6.45, 7) is 6.32. The monoisotopic (exact) mass is 161 g/mol. The van der Waals surface area contributed by atoms with Crippen molar-refractivity contribution >= 4 is 0 Å². The SMILES string of the molecule is [CH2-]C1(C)CCCC1.[Zn]. The van der Waals surface area contributed by atoms with Crippen molar-refractivity contribution in [2.24, 2.45) is 5.41 Å². The van der Waals surface area contributed by atoms with E-state index in [1.54, 1.807) is 0 Å². The molecule has 0 aromatic heterocycles. The van der Waals surface area contributed by atoms with Gasteiger partial charge in [0.2, 0.25) is 0 Å². The van der Waals surface area contributed by atoms with E-state index in [1.807, 2.05) is 0 Å². The van der Waals surface area contributed by atoms with E-state index in [0.29, 0.717) is 5.41 Å². The third kappa shape index (κ3) is 2.26. The normalized spacial score (nSPS) is 24.8. The van der Waals surface area contributed by atoms with Crippen LogP contribution in [-0.4, -0.2) is 0 Å². The molecule has 0 saturated heterocycles. The first-order valence-electron chi connectivity index (χ1n) is 3.06. The third-order valence-electron chi connectivity index (χ3n) is 1.81. The standard InChI is InChI=1S/C7H13.Zn/c1-7(2)5-3-4-6-7;/h1,3-6H2,2H3;/q-1;. The molecule has 1 heteroatoms. The Morgan fingerprint density at radius 2 is 1.62 bits per heavy atom. The van der Waals surface area contributed by atoms with Crippen LogP contribution in [0.25, 0.3) is 0 Å². The van der Waals surface area contributed by atoms with Gasteiger partial charge in [0.05, 0.1) is 0 Å². The van der Waals surface area contributed by atoms with Crippen molar-refractivity contribution in [1.29, 1.82) is 0 Å². The van der Waals surface area contributed by atoms with Crippen LogP contribution in [0, 0.1) is 12.3 Å². The molecule has 1 aliphatic carbocycles. The summed E-state index contributed by atoms with van der Waals surface area (Å²) in [5, 5.41) is 0. The van der Waals surface area contributed by atoms with Crippen molar-refractivity contribution in [2.75, 3.05) is 0 Å². The van der Waals surface area contributed by atoms with Gasteiger partial charge in [-0.2, -0.15) is 5.41 Å². The summed E-state index contributed by atoms with van der Waals surface area (Å²) in [6, 6.07) is 0. The van der Waals surface area contributed by atoms with Crippen LogP contribution < -0.4 is 0 Å². The summed E-state index contributed by atoms with van der Waals surface area (Å²) in [4.78, 5) is 0. The minimum Gasteiger partial charge on any atom is -0.337 e. The molecule has 1 aliphatic rings. The van der Waals surface area contributed by atoms with E-state index < -0.39 is 0 Å². The molecule has 8 heavy (non-hydrogen) atoms. The Bertz CT molecular complexity index is 58.8. The minimum absolute atomic E-state index is 0. The van der Waals surface area contributed by atoms with Gasteiger partial charge in [-0.25, -0.2) is 0 Å². The number of hydrogen-bond donors (Lipinski definition) is 0. The smallest absolute Gasteiger partial charge is 0 e. The zero-order valence-electron chi connectivity index (χ0n) is 5.74. The van der Waals surface area contributed by atoms with E-state index in [-0.39, 0.29) is 19.5 Å². The Morgan fingerprint density at radius 3 is 1.75 bits per heavy atom. The first-order valence-corrected chi connectivity index (χ1v) is 3.06. The van der Waals surface area contributed by atoms with Crippen LogP contribution >= 0.6 is 0 Å². The van der Waals surface area contributed by atoms with Gasteiger partial charge in [-0.15, -0.1) is 0 Å². The van der Waals surface area contributed by atoms with Gasteiger partial charge in [-0.3, -0.25) is 0 Å². The molecule has 0 aromatic carbocycles. The van der Waals surface area contributed by atoms with Crippen LogP contribution in [0.15, 0.2) is 0 Å². The van der Waals surface area contributed by atoms with Crippen LogP contribution in [0.2, 0.25) is 0 Å². The van der Waals surface area contributed by atoms with Crippen molar-refractivity contribution in [3.05, 3.63) is 6.92 Å². The molecule has 44 valence electrons. The maximum atomic E-state index is 4.07. The average Bonchev–Trinajstić information content (AvgIpc) is 1.84. The molecule has 0 unspecified atom stereocenters. The molecule has 0 heterocycles. The van der Waals surface area contributed by atoms with Crippen molar-refractivity contribution in [2.45, 2.75) is 32.6 Å². The predicted octanol–water partition coefficient (Wildman–Crippen LogP) is 2.40. The fourth-order valence-corrected chi connectivity index (χ4v) is 1.23. The van der Waals surface area contributed by atoms with E-state index in [9.17, 15) is 0 Å². The largest absolute Gasteiger partial charge is 0.337 e. The molecule has 0 aromatic rings. The van der Waals surface area contributed by atoms with Crippen LogP contribution in [-0.2, 0) is 19.5 Å². The molecule has 0 bridgehead atoms. The molecular weight excluding hydrogens is 149 g/mol. The van der Waals surface area contributed by atoms with E-state index >= 15 is 0 Å². The zero-order chi connectivity index (χ0) is 5.33. The van der Waals surface area contributed by atoms with E-state index in [2.05, 4.69) is 13.8 Å². The molecule has 0 nitrogen and oxygen atoms in total. The third-order valence-corrected chi connectivity index (χ3v) is 1.81. The molecule has 0 radical (unpaired) electrons. The first-order chi connectivity index (χ1) is 3.21. The van der Waals surface area contributed by atoms with Gasteiger partial charge in [0.25, 0.3) is 0 Å². The predicted molar refractivity (Wildman–Crippen MR) is 31.9 cm³/mol. The Kier molecular flexibility index (Phi) is 3.19. The fourth-order valence-electron chi connectivity index (χ4n) is 1.23. The van der Waals surface area contributed by atoms with Gasteiger partial charge in [0, 0.05) is 19.5 Å². The summed E-state index contributed by atoms with van der Waals surface area (Å²) in [5.74, 6) is 0. The van der Waals surface area contributed by atoms with Crippen LogP contribution in [0.5, 0.6) is 0 Å². The van der Waals surface area contributed by atoms with E-state index in [4.69, 9.17) is 0 Å². The Hall–Kier alpha value is 0.623. The molecule has 0 spiro atoms. The van der Waals surface area contributed by atoms with E-state index in [1.165, 1.54) is 25.7 Å². The van der Waals surface area contributed by atoms with Crippen LogP contribution in [0.1, 0.15) is 32.6 Å². The van der Waals surface area contributed by atoms with Crippen molar-refractivity contribution < 1.29 is 19.5 Å². The maximum absolute atomic E-state index is 4.07. The van der Waals surface area contributed by atoms with E-state index in [0.717, 1.165) is 0 Å². The molecule has 1 fully saturated rings. The van der Waals surface area contributed by atoms with Gasteiger partial charge in [-0.05, 0) is 0 Å². The Morgan fingerprint density at radius 1 is 1.25 bits per heavy atom. The fraction of sp³-hybridized carbons (Fsp3) is 0.857. The molecule has 1 rings (SSSR count). The van der Waals surface area contributed by atoms with Crippen molar-refractivity contribution in [3.63, 3.8) is 0 Å². The Labute approximate surface area is 64.8 Å². The van der Waals surface area contributed by atoms with Crippen LogP contribution in [0.3, 0.4) is 0 Å². The molecule has 0 aliphatic heterocycles. The van der Waals surface area contributed by atoms with Gasteiger partial charge < -0.3 is 6.92 Å². The quantitative estimate of drug-likeness (QED) is 0.379. The summed E-state index contributed by atoms with van der Waals surface area (Å²) >= 11 is 0. The first kappa shape index (κ1) is 8.62. The molecule has 0 N–H and O–H groups in total. The number of rotatable bonds is 0. The average molecular weight is 163 g/mol. The maximum Gasteiger partial charge on any atom is 0 e. The van der Waals surface area contributed by atoms with Gasteiger partial charge in [0.1, 0.15) is 0 Å². The molecule has 0 atom stereocenters. The summed E-state index contributed by atoms with van der Waals surface area (Å²) in [6.07, 6.45) is 5.49. The second-order valence-electron chi connectivity index (χ2n) is 3.02. The summed E-state index contributed by atoms with van der Waals surface area (Å²) < 4.78 is 0. The van der Waals surface area contributed by atoms with Crippen molar-refractivity contribution in [3.8, 4) is 0 Å². The Balaban J connectivity index is 0.000000490. The minimum atomic E-state index is 0. The van der Waals surface area contributed by atoms with Crippen molar-refractivity contribution in [1.82, 2.24) is 0 Å². The van der Waals surface area contributed by atoms with Gasteiger partial charge in [-0.1, -0.05) is 32.6 Å².